The first-order chi connectivity index (χ1) is 68.7. The van der Waals surface area contributed by atoms with E-state index in [1.165, 1.54) is 110 Å². The van der Waals surface area contributed by atoms with Gasteiger partial charge in [0.05, 0.1) is 50.2 Å². The molecule has 0 atom stereocenters. The summed E-state index contributed by atoms with van der Waals surface area (Å²) in [5, 5.41) is 22.2. The molecule has 30 rings (SSSR count). The number of pyridine rings is 3. The first-order valence-electron chi connectivity index (χ1n) is 46.9. The van der Waals surface area contributed by atoms with Gasteiger partial charge in [-0.15, -0.1) is 34.0 Å². The van der Waals surface area contributed by atoms with E-state index in [1.807, 2.05) is 71.2 Å². The van der Waals surface area contributed by atoms with E-state index >= 15 is 0 Å². The molecular formula is C126H77N9OS3. The Hall–Kier alpha value is -17.3. The van der Waals surface area contributed by atoms with Crippen molar-refractivity contribution >= 4 is 231 Å². The number of anilines is 3. The van der Waals surface area contributed by atoms with Crippen molar-refractivity contribution in [2.24, 2.45) is 0 Å². The molecule has 0 amide bonds. The fourth-order valence-corrected chi connectivity index (χ4v) is 25.1. The zero-order chi connectivity index (χ0) is 91.7. The molecule has 0 bridgehead atoms. The summed E-state index contributed by atoms with van der Waals surface area (Å²) in [6.45, 7) is 4.69. The average Bonchev–Trinajstić information content (AvgIpc) is 1.69. The van der Waals surface area contributed by atoms with Gasteiger partial charge in [0.25, 0.3) is 0 Å². The summed E-state index contributed by atoms with van der Waals surface area (Å²) >= 11 is 5.48. The van der Waals surface area contributed by atoms with E-state index in [-0.39, 0.29) is 5.41 Å². The molecule has 0 N–H and O–H groups in total. The molecule has 0 saturated heterocycles. The second-order valence-electron chi connectivity index (χ2n) is 36.3. The molecule has 0 radical (unpaired) electrons. The van der Waals surface area contributed by atoms with Crippen LogP contribution in [0.3, 0.4) is 0 Å². The van der Waals surface area contributed by atoms with Gasteiger partial charge in [0.1, 0.15) is 22.5 Å². The fraction of sp³-hybridized carbons (Fsp3) is 0.0238. The Balaban J connectivity index is 0.000000103. The van der Waals surface area contributed by atoms with Gasteiger partial charge in [-0.1, -0.05) is 335 Å². The third-order valence-corrected chi connectivity index (χ3v) is 31.5. The summed E-state index contributed by atoms with van der Waals surface area (Å²) in [5.41, 5.74) is 25.9. The molecule has 19 aromatic carbocycles. The minimum atomic E-state index is -0.0733. The molecule has 0 aliphatic heterocycles. The van der Waals surface area contributed by atoms with E-state index in [9.17, 15) is 0 Å². The molecule has 13 heteroatoms. The summed E-state index contributed by atoms with van der Waals surface area (Å²) < 4.78 is 16.1. The third kappa shape index (κ3) is 12.8. The second kappa shape index (κ2) is 31.9. The molecule has 139 heavy (non-hydrogen) atoms. The van der Waals surface area contributed by atoms with Crippen molar-refractivity contribution in [3.8, 4) is 73.6 Å². The van der Waals surface area contributed by atoms with Crippen LogP contribution in [0.1, 0.15) is 25.0 Å². The molecule has 0 unspecified atom stereocenters. The first-order valence-corrected chi connectivity index (χ1v) is 49.3. The van der Waals surface area contributed by atoms with Gasteiger partial charge < -0.3 is 9.32 Å². The van der Waals surface area contributed by atoms with Crippen molar-refractivity contribution in [3.05, 3.63) is 442 Å². The average molecular weight is 1830 g/mol. The van der Waals surface area contributed by atoms with E-state index in [2.05, 4.69) is 405 Å². The maximum absolute atomic E-state index is 6.34. The van der Waals surface area contributed by atoms with Crippen LogP contribution in [-0.4, -0.2) is 39.5 Å². The lowest BCUT2D eigenvalue weighted by Crippen LogP contribution is -2.16. The number of hydrogen-bond acceptors (Lipinski definition) is 12. The maximum atomic E-state index is 6.34. The Kier molecular flexibility index (Phi) is 18.4. The zero-order valence-electron chi connectivity index (χ0n) is 75.1. The summed E-state index contributed by atoms with van der Waals surface area (Å²) in [7, 11) is 0. The van der Waals surface area contributed by atoms with E-state index in [0.29, 0.717) is 17.4 Å². The number of hydrogen-bond donors (Lipinski definition) is 0. The molecule has 650 valence electrons. The predicted octanol–water partition coefficient (Wildman–Crippen LogP) is 35.1. The highest BCUT2D eigenvalue weighted by molar-refractivity contribution is 7.27. The molecule has 10 heterocycles. The number of benzene rings is 19. The van der Waals surface area contributed by atoms with Crippen molar-refractivity contribution in [2.45, 2.75) is 19.3 Å². The number of aromatic nitrogens is 8. The quantitative estimate of drug-likeness (QED) is 0.130. The summed E-state index contributed by atoms with van der Waals surface area (Å²) in [5.74, 6) is 1.25. The van der Waals surface area contributed by atoms with Crippen molar-refractivity contribution in [1.82, 2.24) is 39.5 Å². The number of furan rings is 1. The Labute approximate surface area is 808 Å². The maximum Gasteiger partial charge on any atom is 0.235 e. The van der Waals surface area contributed by atoms with E-state index < -0.39 is 0 Å². The standard InChI is InChI=1S/C46H32N2S.C45H26N4S.C35H19N3OS/c1-46(2)39-18-10-8-15-34(39)35-25-24-32(28-40(35)46)48(30-12-4-3-5-13-30)31-22-20-29(21-23-31)44-36-16-7-6-14-33(36)37-26-27-42-43(45(37)47-44)38-17-9-11-19-41(38)49-42;1-2-12-27(13-3-1)42-33-17-6-9-19-36(33)46-45(48-42)49-37-20-10-7-15-30(37)35-26-28(22-24-38(35)49)43-31-16-5-4-14-29(31)32-23-25-40-41(44(32)47-43)34-18-8-11-21-39(34)50-40;1-2-10-20(11-3-1)30-34-32(24-14-6-8-16-26(24)39-34)38-35(37-30)33-22-13-5-4-12-21(22)23-18-19-28-29(31(23)36-33)25-15-7-9-17-27(25)40-28/h3-28H,1-2H3;1-26H;1-19H. The fourth-order valence-electron chi connectivity index (χ4n) is 21.7. The van der Waals surface area contributed by atoms with Crippen LogP contribution in [0.2, 0.25) is 0 Å². The lowest BCUT2D eigenvalue weighted by molar-refractivity contribution is 0.660. The van der Waals surface area contributed by atoms with Gasteiger partial charge in [-0.25, -0.2) is 34.9 Å². The number of thiophene rings is 3. The lowest BCUT2D eigenvalue weighted by Gasteiger charge is -2.28. The van der Waals surface area contributed by atoms with Gasteiger partial charge in [-0.2, -0.15) is 0 Å². The zero-order valence-corrected chi connectivity index (χ0v) is 77.6. The predicted molar refractivity (Wildman–Crippen MR) is 586 cm³/mol. The van der Waals surface area contributed by atoms with Crippen LogP contribution < -0.4 is 4.90 Å². The summed E-state index contributed by atoms with van der Waals surface area (Å²) in [6.07, 6.45) is 0. The number of para-hydroxylation sites is 4. The van der Waals surface area contributed by atoms with Crippen LogP contribution in [0.15, 0.2) is 435 Å². The van der Waals surface area contributed by atoms with Crippen molar-refractivity contribution in [3.63, 3.8) is 0 Å². The van der Waals surface area contributed by atoms with Gasteiger partial charge >= 0.3 is 0 Å². The molecule has 1 aliphatic rings. The number of nitrogens with zero attached hydrogens (tertiary/aromatic N) is 9. The number of fused-ring (bicyclic) bond motifs is 31. The van der Waals surface area contributed by atoms with Crippen LogP contribution in [0, 0.1) is 0 Å². The summed E-state index contributed by atoms with van der Waals surface area (Å²) in [4.78, 5) is 39.5. The molecule has 29 aromatic rings. The largest absolute Gasteiger partial charge is 0.452 e. The first kappa shape index (κ1) is 80.2. The molecule has 1 aliphatic carbocycles. The van der Waals surface area contributed by atoms with Crippen LogP contribution in [0.4, 0.5) is 17.1 Å². The highest BCUT2D eigenvalue weighted by atomic mass is 32.1. The molecular weight excluding hydrogens is 1750 g/mol. The topological polar surface area (TPSA) is 112 Å². The minimum Gasteiger partial charge on any atom is -0.452 e. The lowest BCUT2D eigenvalue weighted by atomic mass is 9.82. The van der Waals surface area contributed by atoms with Crippen LogP contribution in [0.25, 0.3) is 254 Å². The molecule has 0 saturated carbocycles. The van der Waals surface area contributed by atoms with Gasteiger partial charge in [0.2, 0.25) is 5.95 Å². The smallest absolute Gasteiger partial charge is 0.235 e. The van der Waals surface area contributed by atoms with Crippen molar-refractivity contribution in [1.29, 1.82) is 0 Å². The summed E-state index contributed by atoms with van der Waals surface area (Å²) in [6, 6.07) is 153. The number of rotatable bonds is 9. The van der Waals surface area contributed by atoms with Crippen molar-refractivity contribution in [2.75, 3.05) is 4.90 Å². The Morgan fingerprint density at radius 1 is 0.245 bits per heavy atom. The Morgan fingerprint density at radius 3 is 1.25 bits per heavy atom. The van der Waals surface area contributed by atoms with E-state index in [0.717, 1.165) is 155 Å². The normalized spacial score (nSPS) is 12.4. The highest BCUT2D eigenvalue weighted by Gasteiger charge is 2.36. The SMILES string of the molecule is CC1(C)c2ccccc2-c2ccc(N(c3ccccc3)c3ccc(-c4nc5c(ccc6sc7ccccc7c65)c5ccccc45)cc3)cc21.c1ccc(-c2nc(-c3nc4c(ccc5sc6ccccc6c54)c4ccccc34)nc3c2oc2ccccc23)cc1.c1ccc(-c2nc(-n3c4ccccc4c4cc(-c5nc6c(ccc7sc8ccccc8c76)c6ccccc56)ccc43)nc3ccccc23)cc1. The highest BCUT2D eigenvalue weighted by Crippen LogP contribution is 2.53. The second-order valence-corrected chi connectivity index (χ2v) is 39.6. The minimum absolute atomic E-state index is 0.0733. The van der Waals surface area contributed by atoms with Gasteiger partial charge in [-0.3, -0.25) is 4.57 Å². The van der Waals surface area contributed by atoms with Crippen LogP contribution >= 0.6 is 34.0 Å². The van der Waals surface area contributed by atoms with Crippen molar-refractivity contribution < 1.29 is 4.42 Å². The molecule has 10 aromatic heterocycles. The molecule has 0 fully saturated rings. The molecule has 0 spiro atoms. The molecule has 10 nitrogen and oxygen atoms in total. The van der Waals surface area contributed by atoms with Crippen LogP contribution in [0.5, 0.6) is 0 Å². The Bertz CT molecular complexity index is 10200. The van der Waals surface area contributed by atoms with Gasteiger partial charge in [-0.05, 0) is 148 Å². The third-order valence-electron chi connectivity index (χ3n) is 28.1. The van der Waals surface area contributed by atoms with E-state index in [1.54, 1.807) is 11.3 Å². The monoisotopic (exact) mass is 1830 g/mol. The van der Waals surface area contributed by atoms with Crippen LogP contribution in [-0.2, 0) is 5.41 Å². The van der Waals surface area contributed by atoms with Gasteiger partial charge in [0, 0.05) is 159 Å². The van der Waals surface area contributed by atoms with E-state index in [4.69, 9.17) is 39.3 Å². The Morgan fingerprint density at radius 2 is 0.662 bits per heavy atom. The van der Waals surface area contributed by atoms with Gasteiger partial charge in [0.15, 0.2) is 11.4 Å².